The number of nitrogens with zero attached hydrogens (tertiary/aromatic N) is 2. The van der Waals surface area contributed by atoms with Gasteiger partial charge in [-0.15, -0.1) is 0 Å². The average molecular weight is 236 g/mol. The van der Waals surface area contributed by atoms with E-state index < -0.39 is 0 Å². The normalized spacial score (nSPS) is 11.5. The van der Waals surface area contributed by atoms with Crippen molar-refractivity contribution in [2.75, 3.05) is 12.0 Å². The summed E-state index contributed by atoms with van der Waals surface area (Å²) in [5.41, 5.74) is 3.80. The van der Waals surface area contributed by atoms with E-state index in [1.54, 1.807) is 6.20 Å². The SMILES string of the molecule is CC(C)CN(Cc1cccnc1NN)C(C)C. The van der Waals surface area contributed by atoms with Crippen LogP contribution >= 0.6 is 0 Å². The van der Waals surface area contributed by atoms with Gasteiger partial charge in [-0.2, -0.15) is 0 Å². The standard InChI is InChI=1S/C13H24N4/c1-10(2)8-17(11(3)4)9-12-6-5-7-15-13(12)16-14/h5-7,10-11H,8-9,14H2,1-4H3,(H,15,16). The number of anilines is 1. The summed E-state index contributed by atoms with van der Waals surface area (Å²) in [6, 6.07) is 4.53. The van der Waals surface area contributed by atoms with E-state index in [-0.39, 0.29) is 0 Å². The van der Waals surface area contributed by atoms with Gasteiger partial charge in [-0.1, -0.05) is 19.9 Å². The zero-order valence-corrected chi connectivity index (χ0v) is 11.3. The lowest BCUT2D eigenvalue weighted by Crippen LogP contribution is -2.34. The number of hydrogen-bond acceptors (Lipinski definition) is 4. The molecule has 1 aromatic rings. The van der Waals surface area contributed by atoms with Crippen molar-refractivity contribution >= 4 is 5.82 Å². The highest BCUT2D eigenvalue weighted by Gasteiger charge is 2.13. The molecule has 4 heteroatoms. The highest BCUT2D eigenvalue weighted by Crippen LogP contribution is 2.15. The zero-order valence-electron chi connectivity index (χ0n) is 11.3. The third-order valence-electron chi connectivity index (χ3n) is 2.73. The van der Waals surface area contributed by atoms with Crippen LogP contribution in [0.3, 0.4) is 0 Å². The number of rotatable bonds is 6. The molecule has 1 rings (SSSR count). The molecule has 0 spiro atoms. The number of nitrogens with two attached hydrogens (primary N) is 1. The number of hydrazine groups is 1. The predicted octanol–water partition coefficient (Wildman–Crippen LogP) is 2.23. The van der Waals surface area contributed by atoms with Crippen LogP contribution in [0.15, 0.2) is 18.3 Å². The van der Waals surface area contributed by atoms with E-state index in [0.717, 1.165) is 24.5 Å². The number of nitrogen functional groups attached to an aromatic ring is 1. The first kappa shape index (κ1) is 13.9. The Morgan fingerprint density at radius 1 is 1.35 bits per heavy atom. The topological polar surface area (TPSA) is 54.2 Å². The van der Waals surface area contributed by atoms with Gasteiger partial charge in [0.2, 0.25) is 0 Å². The first-order valence-electron chi connectivity index (χ1n) is 6.19. The summed E-state index contributed by atoms with van der Waals surface area (Å²) >= 11 is 0. The fourth-order valence-electron chi connectivity index (χ4n) is 1.84. The molecule has 0 amide bonds. The molecule has 0 fully saturated rings. The number of nitrogens with one attached hydrogen (secondary N) is 1. The molecular weight excluding hydrogens is 212 g/mol. The van der Waals surface area contributed by atoms with Gasteiger partial charge in [-0.25, -0.2) is 10.8 Å². The monoisotopic (exact) mass is 236 g/mol. The van der Waals surface area contributed by atoms with Crippen molar-refractivity contribution in [3.63, 3.8) is 0 Å². The molecule has 17 heavy (non-hydrogen) atoms. The molecule has 1 aromatic heterocycles. The molecule has 0 aliphatic heterocycles. The summed E-state index contributed by atoms with van der Waals surface area (Å²) in [7, 11) is 0. The van der Waals surface area contributed by atoms with Crippen LogP contribution in [0.5, 0.6) is 0 Å². The van der Waals surface area contributed by atoms with Gasteiger partial charge >= 0.3 is 0 Å². The largest absolute Gasteiger partial charge is 0.308 e. The molecule has 3 N–H and O–H groups in total. The molecule has 0 atom stereocenters. The van der Waals surface area contributed by atoms with Gasteiger partial charge in [0, 0.05) is 30.9 Å². The van der Waals surface area contributed by atoms with Crippen LogP contribution in [-0.4, -0.2) is 22.5 Å². The predicted molar refractivity (Wildman–Crippen MR) is 72.4 cm³/mol. The number of aromatic nitrogens is 1. The van der Waals surface area contributed by atoms with Crippen LogP contribution in [0.25, 0.3) is 0 Å². The summed E-state index contributed by atoms with van der Waals surface area (Å²) in [4.78, 5) is 6.66. The van der Waals surface area contributed by atoms with Crippen molar-refractivity contribution < 1.29 is 0 Å². The highest BCUT2D eigenvalue weighted by molar-refractivity contribution is 5.42. The van der Waals surface area contributed by atoms with Crippen molar-refractivity contribution in [1.29, 1.82) is 0 Å². The fraction of sp³-hybridized carbons (Fsp3) is 0.615. The van der Waals surface area contributed by atoms with Gasteiger partial charge < -0.3 is 5.43 Å². The van der Waals surface area contributed by atoms with E-state index in [0.29, 0.717) is 12.0 Å². The van der Waals surface area contributed by atoms with E-state index in [1.807, 2.05) is 6.07 Å². The molecule has 0 saturated heterocycles. The third-order valence-corrected chi connectivity index (χ3v) is 2.73. The van der Waals surface area contributed by atoms with Gasteiger partial charge in [-0.05, 0) is 25.8 Å². The highest BCUT2D eigenvalue weighted by atomic mass is 15.3. The fourth-order valence-corrected chi connectivity index (χ4v) is 1.84. The molecule has 0 radical (unpaired) electrons. The van der Waals surface area contributed by atoms with Crippen LogP contribution in [0.1, 0.15) is 33.3 Å². The average Bonchev–Trinajstić information content (AvgIpc) is 2.28. The second-order valence-electron chi connectivity index (χ2n) is 5.07. The second-order valence-corrected chi connectivity index (χ2v) is 5.07. The molecular formula is C13H24N4. The Morgan fingerprint density at radius 2 is 2.06 bits per heavy atom. The van der Waals surface area contributed by atoms with E-state index >= 15 is 0 Å². The van der Waals surface area contributed by atoms with Crippen LogP contribution < -0.4 is 11.3 Å². The summed E-state index contributed by atoms with van der Waals surface area (Å²) in [5.74, 6) is 6.89. The summed E-state index contributed by atoms with van der Waals surface area (Å²) in [5, 5.41) is 0. The van der Waals surface area contributed by atoms with Crippen LogP contribution in [0.4, 0.5) is 5.82 Å². The maximum Gasteiger partial charge on any atom is 0.144 e. The van der Waals surface area contributed by atoms with Gasteiger partial charge in [0.25, 0.3) is 0 Å². The Hall–Kier alpha value is -1.13. The number of hydrogen-bond donors (Lipinski definition) is 2. The summed E-state index contributed by atoms with van der Waals surface area (Å²) < 4.78 is 0. The third kappa shape index (κ3) is 4.32. The van der Waals surface area contributed by atoms with Gasteiger partial charge in [0.05, 0.1) is 0 Å². The Kier molecular flexibility index (Phi) is 5.38. The molecule has 0 aliphatic rings. The van der Waals surface area contributed by atoms with Crippen molar-refractivity contribution in [2.45, 2.75) is 40.3 Å². The van der Waals surface area contributed by atoms with Crippen LogP contribution in [0, 0.1) is 5.92 Å². The Morgan fingerprint density at radius 3 is 2.59 bits per heavy atom. The Balaban J connectivity index is 2.78. The minimum absolute atomic E-state index is 0.517. The van der Waals surface area contributed by atoms with E-state index in [2.05, 4.69) is 49.1 Å². The lowest BCUT2D eigenvalue weighted by Gasteiger charge is -2.28. The zero-order chi connectivity index (χ0) is 12.8. The minimum atomic E-state index is 0.517. The van der Waals surface area contributed by atoms with Crippen molar-refractivity contribution in [1.82, 2.24) is 9.88 Å². The lowest BCUT2D eigenvalue weighted by atomic mass is 10.1. The van der Waals surface area contributed by atoms with E-state index in [1.165, 1.54) is 0 Å². The Labute approximate surface area is 104 Å². The van der Waals surface area contributed by atoms with Crippen molar-refractivity contribution in [3.05, 3.63) is 23.9 Å². The van der Waals surface area contributed by atoms with Gasteiger partial charge in [0.1, 0.15) is 5.82 Å². The Bertz CT molecular complexity index is 336. The first-order valence-corrected chi connectivity index (χ1v) is 6.19. The number of pyridine rings is 1. The van der Waals surface area contributed by atoms with E-state index in [9.17, 15) is 0 Å². The van der Waals surface area contributed by atoms with Crippen molar-refractivity contribution in [2.24, 2.45) is 11.8 Å². The molecule has 0 unspecified atom stereocenters. The second kappa shape index (κ2) is 6.57. The van der Waals surface area contributed by atoms with Gasteiger partial charge in [-0.3, -0.25) is 4.90 Å². The molecule has 4 nitrogen and oxygen atoms in total. The maximum atomic E-state index is 5.47. The summed E-state index contributed by atoms with van der Waals surface area (Å²) in [6.07, 6.45) is 1.75. The van der Waals surface area contributed by atoms with Crippen molar-refractivity contribution in [3.8, 4) is 0 Å². The summed E-state index contributed by atoms with van der Waals surface area (Å²) in [6.45, 7) is 10.9. The first-order chi connectivity index (χ1) is 8.04. The lowest BCUT2D eigenvalue weighted by molar-refractivity contribution is 0.189. The minimum Gasteiger partial charge on any atom is -0.308 e. The maximum absolute atomic E-state index is 5.47. The molecule has 0 bridgehead atoms. The van der Waals surface area contributed by atoms with E-state index in [4.69, 9.17) is 5.84 Å². The quantitative estimate of drug-likeness (QED) is 0.587. The molecule has 0 saturated carbocycles. The smallest absolute Gasteiger partial charge is 0.144 e. The molecule has 0 aliphatic carbocycles. The molecule has 0 aromatic carbocycles. The van der Waals surface area contributed by atoms with Crippen LogP contribution in [-0.2, 0) is 6.54 Å². The van der Waals surface area contributed by atoms with Gasteiger partial charge in [0.15, 0.2) is 0 Å². The molecule has 1 heterocycles. The van der Waals surface area contributed by atoms with Crippen LogP contribution in [0.2, 0.25) is 0 Å². The molecule has 96 valence electrons.